The Morgan fingerprint density at radius 1 is 0.513 bits per heavy atom. The third-order valence-corrected chi connectivity index (χ3v) is 21.6. The summed E-state index contributed by atoms with van der Waals surface area (Å²) < 4.78 is 12.4. The van der Waals surface area contributed by atoms with E-state index in [2.05, 4.69) is 221 Å². The van der Waals surface area contributed by atoms with Gasteiger partial charge in [0.25, 0.3) is 0 Å². The molecular formula is C71H67BN2OS. The van der Waals surface area contributed by atoms with Gasteiger partial charge in [-0.05, 0) is 174 Å². The minimum absolute atomic E-state index is 0.00885. The summed E-state index contributed by atoms with van der Waals surface area (Å²) in [7, 11) is 0. The van der Waals surface area contributed by atoms with Crippen molar-refractivity contribution in [1.29, 1.82) is 0 Å². The molecule has 11 aromatic rings. The maximum Gasteiger partial charge on any atom is 0.333 e. The summed E-state index contributed by atoms with van der Waals surface area (Å²) in [5.74, 6) is 0. The van der Waals surface area contributed by atoms with Crippen LogP contribution in [0.3, 0.4) is 0 Å². The molecule has 0 radical (unpaired) electrons. The second kappa shape index (κ2) is 14.1. The monoisotopic (exact) mass is 1010 g/mol. The highest BCUT2D eigenvalue weighted by Gasteiger charge is 2.50. The van der Waals surface area contributed by atoms with E-state index in [-0.39, 0.29) is 39.3 Å². The van der Waals surface area contributed by atoms with Gasteiger partial charge in [-0.25, -0.2) is 0 Å². The van der Waals surface area contributed by atoms with Gasteiger partial charge in [0.1, 0.15) is 11.2 Å². The third-order valence-electron chi connectivity index (χ3n) is 20.4. The number of hydrogen-bond donors (Lipinski definition) is 0. The van der Waals surface area contributed by atoms with Crippen LogP contribution in [-0.2, 0) is 32.5 Å². The Morgan fingerprint density at radius 2 is 1.11 bits per heavy atom. The van der Waals surface area contributed by atoms with Gasteiger partial charge in [-0.15, -0.1) is 11.3 Å². The molecule has 3 aromatic heterocycles. The molecule has 0 atom stereocenters. The van der Waals surface area contributed by atoms with E-state index in [1.807, 2.05) is 11.3 Å². The second-order valence-corrected chi connectivity index (χ2v) is 29.2. The summed E-state index contributed by atoms with van der Waals surface area (Å²) in [5, 5.41) is 7.84. The number of aromatic nitrogens is 1. The lowest BCUT2D eigenvalue weighted by molar-refractivity contribution is 0.331. The lowest BCUT2D eigenvalue weighted by Gasteiger charge is -2.43. The van der Waals surface area contributed by atoms with Gasteiger partial charge in [-0.3, -0.25) is 0 Å². The fourth-order valence-corrected chi connectivity index (χ4v) is 17.0. The van der Waals surface area contributed by atoms with E-state index in [1.165, 1.54) is 156 Å². The summed E-state index contributed by atoms with van der Waals surface area (Å²) in [6, 6.07) is 48.5. The molecule has 2 aliphatic heterocycles. The molecule has 376 valence electrons. The highest BCUT2D eigenvalue weighted by molar-refractivity contribution is 7.27. The Kier molecular flexibility index (Phi) is 8.48. The molecule has 5 aliphatic rings. The Labute approximate surface area is 452 Å². The first-order valence-corrected chi connectivity index (χ1v) is 29.1. The lowest BCUT2D eigenvalue weighted by atomic mass is 9.43. The first-order valence-electron chi connectivity index (χ1n) is 28.3. The minimum Gasteiger partial charge on any atom is -0.456 e. The number of anilines is 2. The van der Waals surface area contributed by atoms with Crippen LogP contribution < -0.4 is 15.7 Å². The Hall–Kier alpha value is -6.56. The first-order chi connectivity index (χ1) is 36.0. The van der Waals surface area contributed by atoms with Crippen LogP contribution in [0.5, 0.6) is 0 Å². The largest absolute Gasteiger partial charge is 0.456 e. The molecule has 0 saturated heterocycles. The zero-order valence-corrected chi connectivity index (χ0v) is 47.5. The highest BCUT2D eigenvalue weighted by Crippen LogP contribution is 2.60. The van der Waals surface area contributed by atoms with Crippen LogP contribution in [-0.4, -0.2) is 11.4 Å². The Balaban J connectivity index is 1.12. The highest BCUT2D eigenvalue weighted by atomic mass is 32.1. The van der Waals surface area contributed by atoms with Crippen LogP contribution in [0.2, 0.25) is 0 Å². The van der Waals surface area contributed by atoms with Crippen molar-refractivity contribution in [1.82, 2.24) is 4.57 Å². The topological polar surface area (TPSA) is 21.3 Å². The van der Waals surface area contributed by atoms with Crippen LogP contribution in [0.15, 0.2) is 126 Å². The van der Waals surface area contributed by atoms with Gasteiger partial charge in [0.15, 0.2) is 0 Å². The van der Waals surface area contributed by atoms with Gasteiger partial charge in [0.05, 0.1) is 11.0 Å². The van der Waals surface area contributed by atoms with Gasteiger partial charge in [-0.1, -0.05) is 151 Å². The number of benzene rings is 8. The molecule has 0 fully saturated rings. The molecule has 3 nitrogen and oxygen atoms in total. The minimum atomic E-state index is -0.215. The molecule has 0 N–H and O–H groups in total. The molecule has 0 unspecified atom stereocenters. The number of rotatable bonds is 1. The fraction of sp³-hybridized carbons (Fsp3) is 0.324. The van der Waals surface area contributed by atoms with Crippen molar-refractivity contribution in [3.8, 4) is 27.9 Å². The van der Waals surface area contributed by atoms with Gasteiger partial charge in [0, 0.05) is 75.8 Å². The van der Waals surface area contributed by atoms with E-state index >= 15 is 0 Å². The molecule has 5 heteroatoms. The van der Waals surface area contributed by atoms with Crippen molar-refractivity contribution >= 4 is 104 Å². The smallest absolute Gasteiger partial charge is 0.333 e. The van der Waals surface area contributed by atoms with Crippen LogP contribution in [0.4, 0.5) is 11.4 Å². The van der Waals surface area contributed by atoms with Crippen molar-refractivity contribution < 1.29 is 4.42 Å². The van der Waals surface area contributed by atoms with E-state index in [0.717, 1.165) is 23.0 Å². The number of hydrogen-bond acceptors (Lipinski definition) is 3. The molecule has 0 amide bonds. The van der Waals surface area contributed by atoms with Gasteiger partial charge >= 0.3 is 6.85 Å². The molecule has 5 heterocycles. The average Bonchev–Trinajstić information content (AvgIpc) is 3.88. The summed E-state index contributed by atoms with van der Waals surface area (Å²) in [5.41, 5.74) is 26.8. The predicted molar refractivity (Wildman–Crippen MR) is 327 cm³/mol. The van der Waals surface area contributed by atoms with Crippen molar-refractivity contribution in [2.75, 3.05) is 4.81 Å². The summed E-state index contributed by atoms with van der Waals surface area (Å²) in [4.78, 5) is 2.78. The molecule has 3 aliphatic carbocycles. The van der Waals surface area contributed by atoms with Crippen LogP contribution >= 0.6 is 11.3 Å². The summed E-state index contributed by atoms with van der Waals surface area (Å²) in [6.45, 7) is 31.7. The molecule has 8 aromatic carbocycles. The molecule has 0 spiro atoms. The van der Waals surface area contributed by atoms with E-state index in [0.29, 0.717) is 0 Å². The number of furan rings is 1. The number of nitrogens with zero attached hydrogens (tertiary/aromatic N) is 2. The quantitative estimate of drug-likeness (QED) is 0.153. The lowest BCUT2D eigenvalue weighted by Crippen LogP contribution is -2.60. The number of thiophene rings is 1. The van der Waals surface area contributed by atoms with Gasteiger partial charge in [-0.2, -0.15) is 0 Å². The SMILES string of the molecule is CC(C)(C)c1ccc(N2B3c4cc5c(cc4-n4c6cc7c(cc6c6c8sc9ccccc9c8c(c3c64)-c3cc4c(cc32)-c2cc3c(cc2C4(C)C)C(C)(C)CCC3(C)C)C(C)(C)CCC7(C)C)oc2ccccc25)cc1. The van der Waals surface area contributed by atoms with Gasteiger partial charge in [0.2, 0.25) is 0 Å². The fourth-order valence-electron chi connectivity index (χ4n) is 15.7. The normalized spacial score (nSPS) is 18.9. The second-order valence-electron chi connectivity index (χ2n) is 28.2. The van der Waals surface area contributed by atoms with Crippen molar-refractivity contribution in [2.24, 2.45) is 0 Å². The molecule has 0 bridgehead atoms. The standard InChI is InChI=1S/C71H67BN2OS/c1-66(2,3)38-22-24-39(25-23-38)74-55-34-43-42-30-49-51(69(8,9)28-26-67(49,4)5)35-48(42)71(12,13)47(43)31-46(55)60-61-41-19-15-17-21-59(41)76-65(61)62-45-32-50-52(70(10,11)29-27-68(50,6)7)36-54(45)73-56-37-58-44(40-18-14-16-20-57(40)75-58)33-53(56)72(74)63(60)64(62)73/h14-25,30-37H,26-29H2,1-13H3. The zero-order valence-electron chi connectivity index (χ0n) is 46.7. The first kappa shape index (κ1) is 45.6. The third kappa shape index (κ3) is 5.66. The molecular weight excluding hydrogens is 940 g/mol. The zero-order chi connectivity index (χ0) is 52.3. The van der Waals surface area contributed by atoms with Crippen LogP contribution in [0.1, 0.15) is 155 Å². The molecule has 16 rings (SSSR count). The van der Waals surface area contributed by atoms with E-state index in [9.17, 15) is 0 Å². The number of para-hydroxylation sites is 1. The van der Waals surface area contributed by atoms with Crippen molar-refractivity contribution in [3.63, 3.8) is 0 Å². The summed E-state index contributed by atoms with van der Waals surface area (Å²) in [6.07, 6.45) is 4.72. The van der Waals surface area contributed by atoms with Crippen molar-refractivity contribution in [2.45, 2.75) is 148 Å². The molecule has 76 heavy (non-hydrogen) atoms. The predicted octanol–water partition coefficient (Wildman–Crippen LogP) is 18.6. The maximum atomic E-state index is 6.92. The van der Waals surface area contributed by atoms with Gasteiger partial charge < -0.3 is 13.8 Å². The van der Waals surface area contributed by atoms with E-state index in [1.54, 1.807) is 0 Å². The van der Waals surface area contributed by atoms with Crippen molar-refractivity contribution in [3.05, 3.63) is 160 Å². The maximum absolute atomic E-state index is 6.92. The van der Waals surface area contributed by atoms with Crippen LogP contribution in [0.25, 0.3) is 91.9 Å². The molecule has 0 saturated carbocycles. The Morgan fingerprint density at radius 3 is 1.80 bits per heavy atom. The van der Waals surface area contributed by atoms with E-state index in [4.69, 9.17) is 4.42 Å². The number of fused-ring (bicyclic) bond motifs is 21. The van der Waals surface area contributed by atoms with E-state index < -0.39 is 0 Å². The average molecular weight is 1010 g/mol. The van der Waals surface area contributed by atoms with Crippen LogP contribution in [0, 0.1) is 0 Å². The summed E-state index contributed by atoms with van der Waals surface area (Å²) >= 11 is 2.00. The Bertz CT molecular complexity index is 4480.